The van der Waals surface area contributed by atoms with Crippen LogP contribution in [0.2, 0.25) is 0 Å². The molecule has 3 aromatic rings. The first-order valence-electron chi connectivity index (χ1n) is 7.48. The van der Waals surface area contributed by atoms with Gasteiger partial charge >= 0.3 is 0 Å². The van der Waals surface area contributed by atoms with E-state index >= 15 is 0 Å². The minimum Gasteiger partial charge on any atom is -0.289 e. The standard InChI is InChI=1S/C17H14FN3O4S/c18-13-5-7-15(8-6-13)26(24,25)21(11-17(22)20-23)14-9-12-3-1-2-4-16(12)19-10-14/h1-10,23H,11H2,(H,20,22). The lowest BCUT2D eigenvalue weighted by molar-refractivity contribution is -0.127. The van der Waals surface area contributed by atoms with Crippen molar-refractivity contribution in [1.82, 2.24) is 10.5 Å². The molecule has 1 aromatic heterocycles. The number of hydrogen-bond donors (Lipinski definition) is 2. The summed E-state index contributed by atoms with van der Waals surface area (Å²) in [5.41, 5.74) is 2.20. The topological polar surface area (TPSA) is 99.6 Å². The molecule has 3 rings (SSSR count). The first-order chi connectivity index (χ1) is 12.4. The smallest absolute Gasteiger partial charge is 0.264 e. The van der Waals surface area contributed by atoms with Gasteiger partial charge in [-0.3, -0.25) is 19.3 Å². The summed E-state index contributed by atoms with van der Waals surface area (Å²) in [5, 5.41) is 9.46. The van der Waals surface area contributed by atoms with Crippen LogP contribution in [-0.2, 0) is 14.8 Å². The van der Waals surface area contributed by atoms with Crippen molar-refractivity contribution in [3.05, 3.63) is 66.6 Å². The van der Waals surface area contributed by atoms with Crippen molar-refractivity contribution in [2.45, 2.75) is 4.90 Å². The molecule has 1 heterocycles. The maximum Gasteiger partial charge on any atom is 0.264 e. The molecule has 7 nitrogen and oxygen atoms in total. The SMILES string of the molecule is O=C(CN(c1cnc2ccccc2c1)S(=O)(=O)c1ccc(F)cc1)NO. The van der Waals surface area contributed by atoms with Crippen LogP contribution in [0.5, 0.6) is 0 Å². The van der Waals surface area contributed by atoms with Gasteiger partial charge in [0.2, 0.25) is 0 Å². The fraction of sp³-hybridized carbons (Fsp3) is 0.0588. The van der Waals surface area contributed by atoms with Gasteiger partial charge in [0.15, 0.2) is 0 Å². The Hall–Kier alpha value is -3.04. The van der Waals surface area contributed by atoms with Gasteiger partial charge in [-0.15, -0.1) is 0 Å². The average Bonchev–Trinajstić information content (AvgIpc) is 2.65. The van der Waals surface area contributed by atoms with Crippen molar-refractivity contribution in [2.75, 3.05) is 10.8 Å². The molecule has 0 aliphatic heterocycles. The second-order valence-electron chi connectivity index (χ2n) is 5.39. The monoisotopic (exact) mass is 375 g/mol. The third kappa shape index (κ3) is 3.48. The van der Waals surface area contributed by atoms with Crippen molar-refractivity contribution >= 4 is 32.5 Å². The van der Waals surface area contributed by atoms with Crippen LogP contribution in [0.4, 0.5) is 10.1 Å². The molecule has 2 aromatic carbocycles. The zero-order chi connectivity index (χ0) is 18.7. The molecule has 134 valence electrons. The van der Waals surface area contributed by atoms with Gasteiger partial charge in [0.1, 0.15) is 12.4 Å². The normalized spacial score (nSPS) is 11.3. The third-order valence-corrected chi connectivity index (χ3v) is 5.47. The first-order valence-corrected chi connectivity index (χ1v) is 8.92. The summed E-state index contributed by atoms with van der Waals surface area (Å²) in [4.78, 5) is 15.6. The van der Waals surface area contributed by atoms with Gasteiger partial charge in [0.25, 0.3) is 15.9 Å². The number of amides is 1. The van der Waals surface area contributed by atoms with E-state index in [4.69, 9.17) is 5.21 Å². The fourth-order valence-corrected chi connectivity index (χ4v) is 3.81. The largest absolute Gasteiger partial charge is 0.289 e. The molecule has 0 spiro atoms. The summed E-state index contributed by atoms with van der Waals surface area (Å²) in [7, 11) is -4.19. The minimum atomic E-state index is -4.19. The number of pyridine rings is 1. The fourth-order valence-electron chi connectivity index (χ4n) is 2.41. The van der Waals surface area contributed by atoms with Crippen molar-refractivity contribution < 1.29 is 22.8 Å². The van der Waals surface area contributed by atoms with E-state index in [0.717, 1.165) is 28.6 Å². The average molecular weight is 375 g/mol. The number of para-hydroxylation sites is 1. The number of nitrogens with zero attached hydrogens (tertiary/aromatic N) is 2. The molecular weight excluding hydrogens is 361 g/mol. The van der Waals surface area contributed by atoms with Gasteiger partial charge in [0.05, 0.1) is 22.3 Å². The molecule has 0 saturated heterocycles. The van der Waals surface area contributed by atoms with Crippen LogP contribution in [0.15, 0.2) is 65.7 Å². The predicted molar refractivity (Wildman–Crippen MR) is 92.6 cm³/mol. The first kappa shape index (κ1) is 17.8. The summed E-state index contributed by atoms with van der Waals surface area (Å²) < 4.78 is 39.8. The van der Waals surface area contributed by atoms with Crippen LogP contribution in [0.25, 0.3) is 10.9 Å². The van der Waals surface area contributed by atoms with Gasteiger partial charge in [-0.1, -0.05) is 18.2 Å². The van der Waals surface area contributed by atoms with E-state index in [2.05, 4.69) is 4.98 Å². The highest BCUT2D eigenvalue weighted by Crippen LogP contribution is 2.26. The highest BCUT2D eigenvalue weighted by Gasteiger charge is 2.27. The summed E-state index contributed by atoms with van der Waals surface area (Å²) in [6.07, 6.45) is 1.31. The highest BCUT2D eigenvalue weighted by atomic mass is 32.2. The van der Waals surface area contributed by atoms with Crippen LogP contribution in [0.1, 0.15) is 0 Å². The minimum absolute atomic E-state index is 0.136. The Bertz CT molecular complexity index is 1060. The Kier molecular flexibility index (Phi) is 4.83. The third-order valence-electron chi connectivity index (χ3n) is 3.68. The molecule has 1 amide bonds. The van der Waals surface area contributed by atoms with E-state index in [1.807, 2.05) is 0 Å². The second kappa shape index (κ2) is 7.06. The molecule has 0 saturated carbocycles. The Morgan fingerprint density at radius 1 is 1.15 bits per heavy atom. The Labute approximate surface area is 148 Å². The number of anilines is 1. The number of hydroxylamine groups is 1. The summed E-state index contributed by atoms with van der Waals surface area (Å²) in [6, 6.07) is 12.9. The van der Waals surface area contributed by atoms with Crippen LogP contribution >= 0.6 is 0 Å². The summed E-state index contributed by atoms with van der Waals surface area (Å²) in [6.45, 7) is -0.670. The maximum atomic E-state index is 13.1. The quantitative estimate of drug-likeness (QED) is 0.525. The van der Waals surface area contributed by atoms with E-state index in [1.165, 1.54) is 11.7 Å². The molecule has 0 aliphatic carbocycles. The predicted octanol–water partition coefficient (Wildman–Crippen LogP) is 2.07. The number of rotatable bonds is 5. The van der Waals surface area contributed by atoms with E-state index in [1.54, 1.807) is 30.3 Å². The lowest BCUT2D eigenvalue weighted by Crippen LogP contribution is -2.40. The molecule has 0 aliphatic rings. The molecule has 0 unspecified atom stereocenters. The lowest BCUT2D eigenvalue weighted by Gasteiger charge is -2.23. The molecule has 0 atom stereocenters. The number of carbonyl (C=O) groups excluding carboxylic acids is 1. The highest BCUT2D eigenvalue weighted by molar-refractivity contribution is 7.92. The Balaban J connectivity index is 2.11. The van der Waals surface area contributed by atoms with Gasteiger partial charge in [0, 0.05) is 5.39 Å². The zero-order valence-corrected chi connectivity index (χ0v) is 14.1. The van der Waals surface area contributed by atoms with E-state index < -0.39 is 28.3 Å². The van der Waals surface area contributed by atoms with Crippen molar-refractivity contribution in [3.8, 4) is 0 Å². The van der Waals surface area contributed by atoms with Crippen LogP contribution in [0, 0.1) is 5.82 Å². The molecule has 0 bridgehead atoms. The molecule has 0 radical (unpaired) electrons. The molecule has 26 heavy (non-hydrogen) atoms. The number of benzene rings is 2. The van der Waals surface area contributed by atoms with E-state index in [0.29, 0.717) is 10.9 Å². The van der Waals surface area contributed by atoms with E-state index in [9.17, 15) is 17.6 Å². The lowest BCUT2D eigenvalue weighted by atomic mass is 10.2. The summed E-state index contributed by atoms with van der Waals surface area (Å²) in [5.74, 6) is -1.51. The number of carbonyl (C=O) groups is 1. The van der Waals surface area contributed by atoms with Gasteiger partial charge in [-0.25, -0.2) is 18.3 Å². The van der Waals surface area contributed by atoms with Gasteiger partial charge < -0.3 is 0 Å². The number of nitrogens with one attached hydrogen (secondary N) is 1. The van der Waals surface area contributed by atoms with Gasteiger partial charge in [-0.05, 0) is 36.4 Å². The summed E-state index contributed by atoms with van der Waals surface area (Å²) >= 11 is 0. The number of aromatic nitrogens is 1. The van der Waals surface area contributed by atoms with Crippen LogP contribution < -0.4 is 9.79 Å². The Morgan fingerprint density at radius 2 is 1.85 bits per heavy atom. The van der Waals surface area contributed by atoms with Crippen LogP contribution in [0.3, 0.4) is 0 Å². The zero-order valence-electron chi connectivity index (χ0n) is 13.3. The molecule has 0 fully saturated rings. The van der Waals surface area contributed by atoms with Gasteiger partial charge in [-0.2, -0.15) is 0 Å². The number of fused-ring (bicyclic) bond motifs is 1. The number of hydrogen-bond acceptors (Lipinski definition) is 5. The van der Waals surface area contributed by atoms with Crippen LogP contribution in [-0.4, -0.2) is 31.1 Å². The number of halogens is 1. The van der Waals surface area contributed by atoms with Crippen molar-refractivity contribution in [2.24, 2.45) is 0 Å². The second-order valence-corrected chi connectivity index (χ2v) is 7.25. The Morgan fingerprint density at radius 3 is 2.54 bits per heavy atom. The van der Waals surface area contributed by atoms with E-state index in [-0.39, 0.29) is 10.6 Å². The molecular formula is C17H14FN3O4S. The van der Waals surface area contributed by atoms with Crippen molar-refractivity contribution in [1.29, 1.82) is 0 Å². The van der Waals surface area contributed by atoms with Crippen molar-refractivity contribution in [3.63, 3.8) is 0 Å². The molecule has 9 heteroatoms. The number of sulfonamides is 1. The maximum absolute atomic E-state index is 13.1. The molecule has 2 N–H and O–H groups in total.